The summed E-state index contributed by atoms with van der Waals surface area (Å²) in [5.74, 6) is -3.53. The molecule has 0 bridgehead atoms. The van der Waals surface area contributed by atoms with Crippen LogP contribution in [0.5, 0.6) is 0 Å². The van der Waals surface area contributed by atoms with Gasteiger partial charge in [-0.05, 0) is 65.2 Å². The molecule has 2 saturated carbocycles. The third-order valence-corrected chi connectivity index (χ3v) is 13.4. The summed E-state index contributed by atoms with van der Waals surface area (Å²) in [7, 11) is 0. The van der Waals surface area contributed by atoms with Gasteiger partial charge in [-0.25, -0.2) is 0 Å². The van der Waals surface area contributed by atoms with Crippen molar-refractivity contribution in [3.8, 4) is 0 Å². The number of carboxylic acid groups (broad SMARTS) is 2. The molecular weight excluding hydrogens is 777 g/mol. The molecule has 14 nitrogen and oxygen atoms in total. The molecule has 55 heavy (non-hydrogen) atoms. The first-order valence-corrected chi connectivity index (χ1v) is 21.6. The van der Waals surface area contributed by atoms with Gasteiger partial charge in [-0.2, -0.15) is 0 Å². The fraction of sp³-hybridized carbons (Fsp3) is 0.789. The summed E-state index contributed by atoms with van der Waals surface area (Å²) in [6, 6.07) is -2.94. The van der Waals surface area contributed by atoms with E-state index in [2.05, 4.69) is 10.6 Å². The van der Waals surface area contributed by atoms with E-state index in [1.54, 1.807) is 27.7 Å². The quantitative estimate of drug-likeness (QED) is 0.235. The van der Waals surface area contributed by atoms with Gasteiger partial charge in [0.25, 0.3) is 0 Å². The van der Waals surface area contributed by atoms with E-state index in [9.17, 15) is 48.6 Å². The molecule has 6 unspecified atom stereocenters. The van der Waals surface area contributed by atoms with Crippen LogP contribution in [0.3, 0.4) is 0 Å². The van der Waals surface area contributed by atoms with Crippen LogP contribution in [-0.4, -0.2) is 142 Å². The van der Waals surface area contributed by atoms with Gasteiger partial charge in [0, 0.05) is 48.3 Å². The van der Waals surface area contributed by atoms with Gasteiger partial charge in [0.15, 0.2) is 0 Å². The number of thioether (sulfide) groups is 2. The monoisotopic (exact) mass is 834 g/mol. The number of rotatable bonds is 14. The zero-order chi connectivity index (χ0) is 39.9. The average molecular weight is 835 g/mol. The van der Waals surface area contributed by atoms with Gasteiger partial charge in [-0.3, -0.25) is 28.8 Å². The Morgan fingerprint density at radius 1 is 0.545 bits per heavy atom. The maximum Gasteiger partial charge on any atom is 2.00 e. The van der Waals surface area contributed by atoms with Crippen LogP contribution in [0.25, 0.3) is 0 Å². The van der Waals surface area contributed by atoms with Gasteiger partial charge < -0.3 is 40.2 Å². The number of hydrogen-bond acceptors (Lipinski definition) is 12. The molecule has 0 spiro atoms. The predicted octanol–water partition coefficient (Wildman–Crippen LogP) is 1.04. The summed E-state index contributed by atoms with van der Waals surface area (Å²) < 4.78 is 0. The fourth-order valence-electron chi connectivity index (χ4n) is 7.43. The topological polar surface area (TPSA) is 213 Å². The third kappa shape index (κ3) is 15.4. The van der Waals surface area contributed by atoms with Crippen molar-refractivity contribution in [2.45, 2.75) is 142 Å². The molecular formula is C38H58CaN4O10S2. The molecule has 0 aromatic carbocycles. The van der Waals surface area contributed by atoms with Crippen molar-refractivity contribution in [2.75, 3.05) is 24.6 Å². The third-order valence-electron chi connectivity index (χ3n) is 10.8. The summed E-state index contributed by atoms with van der Waals surface area (Å²) in [4.78, 5) is 99.0. The molecule has 4 aliphatic rings. The fourth-order valence-corrected chi connectivity index (χ4v) is 9.17. The molecule has 4 amide bonds. The van der Waals surface area contributed by atoms with Crippen molar-refractivity contribution in [3.05, 3.63) is 0 Å². The molecule has 0 aromatic rings. The van der Waals surface area contributed by atoms with E-state index >= 15 is 0 Å². The van der Waals surface area contributed by atoms with Crippen LogP contribution >= 0.6 is 23.5 Å². The Balaban J connectivity index is 0.000000373. The Kier molecular flexibility index (Phi) is 22.2. The molecule has 2 saturated heterocycles. The summed E-state index contributed by atoms with van der Waals surface area (Å²) in [6.45, 7) is 7.53. The van der Waals surface area contributed by atoms with Crippen molar-refractivity contribution in [1.29, 1.82) is 0 Å². The first-order chi connectivity index (χ1) is 25.6. The molecule has 17 heteroatoms. The van der Waals surface area contributed by atoms with Crippen LogP contribution in [-0.2, 0) is 38.4 Å². The van der Waals surface area contributed by atoms with Gasteiger partial charge in [0.1, 0.15) is 0 Å². The Morgan fingerprint density at radius 2 is 0.873 bits per heavy atom. The average Bonchev–Trinajstić information content (AvgIpc) is 3.87. The maximum absolute atomic E-state index is 12.5. The van der Waals surface area contributed by atoms with Crippen LogP contribution in [0.15, 0.2) is 0 Å². The molecule has 304 valence electrons. The normalized spacial score (nSPS) is 22.5. The zero-order valence-electron chi connectivity index (χ0n) is 32.8. The Hall–Kier alpha value is -1.88. The van der Waals surface area contributed by atoms with Crippen molar-refractivity contribution < 1.29 is 48.6 Å². The Bertz CT molecular complexity index is 1260. The first kappa shape index (κ1) is 49.3. The van der Waals surface area contributed by atoms with E-state index in [0.29, 0.717) is 38.8 Å². The van der Waals surface area contributed by atoms with Crippen molar-refractivity contribution in [1.82, 2.24) is 20.4 Å². The van der Waals surface area contributed by atoms with Crippen LogP contribution in [0.1, 0.15) is 118 Å². The zero-order valence-corrected chi connectivity index (χ0v) is 36.7. The maximum atomic E-state index is 12.5. The van der Waals surface area contributed by atoms with E-state index in [-0.39, 0.29) is 94.9 Å². The minimum Gasteiger partial charge on any atom is -0.548 e. The first-order valence-electron chi connectivity index (χ1n) is 19.6. The summed E-state index contributed by atoms with van der Waals surface area (Å²) in [5.41, 5.74) is 0. The number of carbonyl (C=O) groups excluding carboxylic acids is 8. The minimum atomic E-state index is -1.23. The SMILES string of the molecule is CC(CSC(=O)C(C)NC(=O)C1CCCCC1)C(=O)N1CCCC1C(=O)[O-].CC(CSC(=O)C(C)NC(=O)C1CCCCC1)C(=O)N1CCCC1C(=O)[O-].[Ca+2]. The summed E-state index contributed by atoms with van der Waals surface area (Å²) in [6.07, 6.45) is 12.2. The largest absolute Gasteiger partial charge is 2.00 e. The summed E-state index contributed by atoms with van der Waals surface area (Å²) >= 11 is 2.03. The van der Waals surface area contributed by atoms with Gasteiger partial charge in [0.05, 0.1) is 36.1 Å². The van der Waals surface area contributed by atoms with Crippen molar-refractivity contribution in [3.63, 3.8) is 0 Å². The number of nitrogens with zero attached hydrogens (tertiary/aromatic N) is 2. The van der Waals surface area contributed by atoms with E-state index < -0.39 is 47.9 Å². The van der Waals surface area contributed by atoms with Crippen LogP contribution in [0.2, 0.25) is 0 Å². The number of nitrogens with one attached hydrogen (secondary N) is 2. The molecule has 2 aliphatic carbocycles. The smallest absolute Gasteiger partial charge is 0.548 e. The number of likely N-dealkylation sites (tertiary alicyclic amines) is 2. The second-order valence-electron chi connectivity index (χ2n) is 15.2. The molecule has 2 heterocycles. The number of carbonyl (C=O) groups is 8. The second-order valence-corrected chi connectivity index (χ2v) is 17.3. The number of aliphatic carboxylic acids is 2. The molecule has 0 aromatic heterocycles. The van der Waals surface area contributed by atoms with Gasteiger partial charge in [-0.15, -0.1) is 0 Å². The Morgan fingerprint density at radius 3 is 1.18 bits per heavy atom. The van der Waals surface area contributed by atoms with Crippen LogP contribution in [0, 0.1) is 23.7 Å². The van der Waals surface area contributed by atoms with Crippen molar-refractivity contribution in [2.24, 2.45) is 23.7 Å². The number of hydrogen-bond donors (Lipinski definition) is 2. The molecule has 2 N–H and O–H groups in total. The summed E-state index contributed by atoms with van der Waals surface area (Å²) in [5, 5.41) is 27.5. The van der Waals surface area contributed by atoms with E-state index in [1.807, 2.05) is 0 Å². The molecule has 2 aliphatic heterocycles. The van der Waals surface area contributed by atoms with E-state index in [1.165, 1.54) is 9.80 Å². The van der Waals surface area contributed by atoms with E-state index in [0.717, 1.165) is 87.7 Å². The minimum absolute atomic E-state index is 0. The second kappa shape index (κ2) is 24.8. The van der Waals surface area contributed by atoms with Gasteiger partial charge in [0.2, 0.25) is 33.9 Å². The predicted molar refractivity (Wildman–Crippen MR) is 207 cm³/mol. The molecule has 6 atom stereocenters. The molecule has 4 rings (SSSR count). The van der Waals surface area contributed by atoms with Gasteiger partial charge in [-0.1, -0.05) is 75.9 Å². The Labute approximate surface area is 363 Å². The van der Waals surface area contributed by atoms with Crippen molar-refractivity contribution >= 4 is 107 Å². The number of amides is 4. The van der Waals surface area contributed by atoms with Crippen LogP contribution < -0.4 is 20.8 Å². The van der Waals surface area contributed by atoms with Gasteiger partial charge >= 0.3 is 37.7 Å². The van der Waals surface area contributed by atoms with Crippen LogP contribution in [0.4, 0.5) is 0 Å². The van der Waals surface area contributed by atoms with E-state index in [4.69, 9.17) is 0 Å². The number of carboxylic acids is 2. The molecule has 4 fully saturated rings. The molecule has 0 radical (unpaired) electrons. The standard InChI is InChI=1S/2C19H30N2O5S.Ca/c2*1-12(17(23)21-10-6-9-15(21)18(24)25)11-27-19(26)13(2)20-16(22)14-7-4-3-5-8-14;/h2*12-15H,3-11H2,1-2H3,(H,20,22)(H,24,25);/q;;+2/p-2.